The van der Waals surface area contributed by atoms with E-state index < -0.39 is 0 Å². The summed E-state index contributed by atoms with van der Waals surface area (Å²) < 4.78 is 1.01. The second-order valence-electron chi connectivity index (χ2n) is 5.88. The van der Waals surface area contributed by atoms with Gasteiger partial charge in [-0.3, -0.25) is 0 Å². The molecular weight excluding hydrogens is 328 g/mol. The van der Waals surface area contributed by atoms with E-state index in [1.54, 1.807) is 35.6 Å². The quantitative estimate of drug-likeness (QED) is 0.475. The van der Waals surface area contributed by atoms with Crippen LogP contribution in [-0.4, -0.2) is 10.2 Å². The number of phenolic OH excluding ortho intramolecular Hbond substituents is 2. The Bertz CT molecular complexity index is 1060. The van der Waals surface area contributed by atoms with Crippen molar-refractivity contribution in [3.63, 3.8) is 0 Å². The first-order valence-corrected chi connectivity index (χ1v) is 8.75. The van der Waals surface area contributed by atoms with Crippen molar-refractivity contribution in [3.8, 4) is 21.9 Å². The number of benzene rings is 3. The summed E-state index contributed by atoms with van der Waals surface area (Å²) >= 11 is 1.62. The summed E-state index contributed by atoms with van der Waals surface area (Å²) in [4.78, 5) is 1.08. The van der Waals surface area contributed by atoms with Crippen LogP contribution in [0.5, 0.6) is 11.5 Å². The molecule has 0 amide bonds. The molecule has 25 heavy (non-hydrogen) atoms. The van der Waals surface area contributed by atoms with Crippen molar-refractivity contribution in [2.24, 2.45) is 0 Å². The molecule has 1 aromatic heterocycles. The summed E-state index contributed by atoms with van der Waals surface area (Å²) in [6.07, 6.45) is 0. The first-order valence-electron chi connectivity index (χ1n) is 7.93. The van der Waals surface area contributed by atoms with Gasteiger partial charge in [0.15, 0.2) is 0 Å². The number of rotatable bonds is 3. The Kier molecular flexibility index (Phi) is 3.79. The van der Waals surface area contributed by atoms with Gasteiger partial charge in [0.05, 0.1) is 0 Å². The largest absolute Gasteiger partial charge is 0.508 e. The molecule has 1 heterocycles. The Morgan fingerprint density at radius 1 is 0.800 bits per heavy atom. The van der Waals surface area contributed by atoms with Gasteiger partial charge >= 0.3 is 0 Å². The van der Waals surface area contributed by atoms with Crippen LogP contribution in [0.3, 0.4) is 0 Å². The van der Waals surface area contributed by atoms with Gasteiger partial charge in [0.1, 0.15) is 11.5 Å². The minimum atomic E-state index is 0.242. The van der Waals surface area contributed by atoms with E-state index in [1.165, 1.54) is 0 Å². The molecule has 0 fully saturated rings. The lowest BCUT2D eigenvalue weighted by atomic mass is 9.95. The second kappa shape index (κ2) is 6.11. The fraction of sp³-hybridized carbons (Fsp3) is 0. The average Bonchev–Trinajstić information content (AvgIpc) is 3.00. The van der Waals surface area contributed by atoms with Gasteiger partial charge in [-0.15, -0.1) is 11.3 Å². The van der Waals surface area contributed by atoms with Crippen molar-refractivity contribution in [1.82, 2.24) is 0 Å². The zero-order valence-electron chi connectivity index (χ0n) is 13.4. The third kappa shape index (κ3) is 2.79. The van der Waals surface area contributed by atoms with Gasteiger partial charge in [-0.1, -0.05) is 36.9 Å². The lowest BCUT2D eigenvalue weighted by molar-refractivity contribution is 0.475. The molecule has 0 aliphatic heterocycles. The molecular formula is C22H16O2S. The van der Waals surface area contributed by atoms with E-state index in [-0.39, 0.29) is 11.5 Å². The van der Waals surface area contributed by atoms with Crippen molar-refractivity contribution >= 4 is 27.0 Å². The van der Waals surface area contributed by atoms with Gasteiger partial charge in [0.25, 0.3) is 0 Å². The normalized spacial score (nSPS) is 10.9. The molecule has 0 aliphatic rings. The fourth-order valence-corrected chi connectivity index (χ4v) is 4.25. The van der Waals surface area contributed by atoms with Crippen LogP contribution < -0.4 is 0 Å². The smallest absolute Gasteiger partial charge is 0.117 e. The van der Waals surface area contributed by atoms with E-state index in [1.807, 2.05) is 48.5 Å². The van der Waals surface area contributed by atoms with Crippen LogP contribution in [0.2, 0.25) is 0 Å². The van der Waals surface area contributed by atoms with E-state index in [9.17, 15) is 10.2 Å². The zero-order chi connectivity index (χ0) is 17.4. The van der Waals surface area contributed by atoms with Crippen molar-refractivity contribution in [2.75, 3.05) is 0 Å². The number of hydrogen-bond donors (Lipinski definition) is 2. The van der Waals surface area contributed by atoms with Crippen molar-refractivity contribution in [2.45, 2.75) is 0 Å². The van der Waals surface area contributed by atoms with E-state index >= 15 is 0 Å². The van der Waals surface area contributed by atoms with Crippen LogP contribution in [0, 0.1) is 0 Å². The fourth-order valence-electron chi connectivity index (χ4n) is 2.98. The molecule has 0 unspecified atom stereocenters. The Hall–Kier alpha value is -3.04. The van der Waals surface area contributed by atoms with Crippen LogP contribution in [0.4, 0.5) is 0 Å². The summed E-state index contributed by atoms with van der Waals surface area (Å²) in [6.45, 7) is 4.34. The molecule has 0 bridgehead atoms. The van der Waals surface area contributed by atoms with Gasteiger partial charge in [-0.05, 0) is 59.2 Å². The number of aromatic hydroxyl groups is 2. The molecule has 4 rings (SSSR count). The molecule has 0 saturated carbocycles. The topological polar surface area (TPSA) is 40.5 Å². The SMILES string of the molecule is C=C(c1ccccc1)c1c(-c2ccc(O)cc2)sc2cc(O)ccc12. The van der Waals surface area contributed by atoms with Gasteiger partial charge in [0.2, 0.25) is 0 Å². The first-order chi connectivity index (χ1) is 12.1. The number of phenols is 2. The molecule has 4 aromatic rings. The molecule has 2 nitrogen and oxygen atoms in total. The zero-order valence-corrected chi connectivity index (χ0v) is 14.3. The predicted molar refractivity (Wildman–Crippen MR) is 105 cm³/mol. The Balaban J connectivity index is 1.98. The Morgan fingerprint density at radius 3 is 2.20 bits per heavy atom. The standard InChI is InChI=1S/C22H16O2S/c1-14(15-5-3-2-4-6-15)21-19-12-11-18(24)13-20(19)25-22(21)16-7-9-17(23)10-8-16/h2-13,23-24H,1H2. The monoisotopic (exact) mass is 344 g/mol. The summed E-state index contributed by atoms with van der Waals surface area (Å²) in [5.41, 5.74) is 4.10. The molecule has 0 spiro atoms. The van der Waals surface area contributed by atoms with Crippen molar-refractivity contribution in [3.05, 3.63) is 90.5 Å². The molecule has 2 N–H and O–H groups in total. The molecule has 0 radical (unpaired) electrons. The molecule has 0 atom stereocenters. The maximum Gasteiger partial charge on any atom is 0.117 e. The van der Waals surface area contributed by atoms with Crippen molar-refractivity contribution < 1.29 is 10.2 Å². The lowest BCUT2D eigenvalue weighted by Crippen LogP contribution is -1.87. The summed E-state index contributed by atoms with van der Waals surface area (Å²) in [5, 5.41) is 20.5. The first kappa shape index (κ1) is 15.5. The minimum Gasteiger partial charge on any atom is -0.508 e. The Labute approximate surface area is 149 Å². The molecule has 3 heteroatoms. The highest BCUT2D eigenvalue weighted by Crippen LogP contribution is 2.44. The number of thiophene rings is 1. The molecule has 0 saturated heterocycles. The number of hydrogen-bond acceptors (Lipinski definition) is 3. The maximum atomic E-state index is 9.84. The van der Waals surface area contributed by atoms with Crippen LogP contribution in [0.25, 0.3) is 26.1 Å². The van der Waals surface area contributed by atoms with E-state index in [0.717, 1.165) is 37.2 Å². The maximum absolute atomic E-state index is 9.84. The Morgan fingerprint density at radius 2 is 1.48 bits per heavy atom. The van der Waals surface area contributed by atoms with Gasteiger partial charge in [-0.25, -0.2) is 0 Å². The van der Waals surface area contributed by atoms with Crippen LogP contribution in [0.1, 0.15) is 11.1 Å². The lowest BCUT2D eigenvalue weighted by Gasteiger charge is -2.09. The van der Waals surface area contributed by atoms with Crippen LogP contribution >= 0.6 is 11.3 Å². The molecule has 3 aromatic carbocycles. The van der Waals surface area contributed by atoms with Gasteiger partial charge in [0, 0.05) is 20.5 Å². The third-order valence-corrected chi connectivity index (χ3v) is 5.43. The molecule has 0 aliphatic carbocycles. The van der Waals surface area contributed by atoms with Gasteiger partial charge in [-0.2, -0.15) is 0 Å². The second-order valence-corrected chi connectivity index (χ2v) is 6.93. The van der Waals surface area contributed by atoms with E-state index in [0.29, 0.717) is 0 Å². The summed E-state index contributed by atoms with van der Waals surface area (Å²) in [5.74, 6) is 0.494. The predicted octanol–water partition coefficient (Wildman–Crippen LogP) is 6.04. The summed E-state index contributed by atoms with van der Waals surface area (Å²) in [6, 6.07) is 22.7. The molecule has 122 valence electrons. The summed E-state index contributed by atoms with van der Waals surface area (Å²) in [7, 11) is 0. The van der Waals surface area contributed by atoms with Gasteiger partial charge < -0.3 is 10.2 Å². The highest BCUT2D eigenvalue weighted by molar-refractivity contribution is 7.22. The van der Waals surface area contributed by atoms with Crippen LogP contribution in [-0.2, 0) is 0 Å². The number of fused-ring (bicyclic) bond motifs is 1. The highest BCUT2D eigenvalue weighted by Gasteiger charge is 2.17. The van der Waals surface area contributed by atoms with E-state index in [2.05, 4.69) is 6.58 Å². The van der Waals surface area contributed by atoms with Crippen LogP contribution in [0.15, 0.2) is 79.4 Å². The average molecular weight is 344 g/mol. The van der Waals surface area contributed by atoms with Crippen molar-refractivity contribution in [1.29, 1.82) is 0 Å². The third-order valence-electron chi connectivity index (χ3n) is 4.23. The highest BCUT2D eigenvalue weighted by atomic mass is 32.1. The minimum absolute atomic E-state index is 0.242. The van der Waals surface area contributed by atoms with E-state index in [4.69, 9.17) is 0 Å².